The molecule has 0 amide bonds. The van der Waals surface area contributed by atoms with Crippen molar-refractivity contribution >= 4 is 23.1 Å². The highest BCUT2D eigenvalue weighted by molar-refractivity contribution is 5.63. The van der Waals surface area contributed by atoms with E-state index < -0.39 is 11.7 Å². The molecule has 8 heteroatoms. The monoisotopic (exact) mass is 374 g/mol. The molecule has 0 fully saturated rings. The summed E-state index contributed by atoms with van der Waals surface area (Å²) >= 11 is 0. The number of alkyl halides is 3. The number of hydrogen-bond donors (Lipinski definition) is 2. The van der Waals surface area contributed by atoms with Gasteiger partial charge in [0.2, 0.25) is 5.95 Å². The molecule has 0 radical (unpaired) electrons. The van der Waals surface area contributed by atoms with E-state index >= 15 is 0 Å². The number of ether oxygens (including phenoxy) is 1. The molecule has 3 rings (SSSR count). The van der Waals surface area contributed by atoms with Gasteiger partial charge >= 0.3 is 6.18 Å². The number of nitrogens with zero attached hydrogens (tertiary/aromatic N) is 2. The SMILES string of the molecule is COc1cccc(Nc2cc(C)nc(Nc3ccccc3C(F)(F)F)n2)c1. The number of halogens is 3. The lowest BCUT2D eigenvalue weighted by Crippen LogP contribution is -2.10. The molecule has 2 aromatic carbocycles. The molecule has 0 bridgehead atoms. The minimum atomic E-state index is -4.48. The Morgan fingerprint density at radius 1 is 0.926 bits per heavy atom. The quantitative estimate of drug-likeness (QED) is 0.635. The lowest BCUT2D eigenvalue weighted by Gasteiger charge is -2.14. The summed E-state index contributed by atoms with van der Waals surface area (Å²) in [6, 6.07) is 14.1. The first-order chi connectivity index (χ1) is 12.8. The minimum absolute atomic E-state index is 0.0668. The van der Waals surface area contributed by atoms with Gasteiger partial charge in [-0.3, -0.25) is 0 Å². The number of benzene rings is 2. The molecule has 0 aliphatic carbocycles. The zero-order valence-electron chi connectivity index (χ0n) is 14.6. The van der Waals surface area contributed by atoms with E-state index in [2.05, 4.69) is 20.6 Å². The third-order valence-corrected chi connectivity index (χ3v) is 3.68. The molecule has 1 heterocycles. The molecule has 5 nitrogen and oxygen atoms in total. The highest BCUT2D eigenvalue weighted by Gasteiger charge is 2.33. The van der Waals surface area contributed by atoms with Gasteiger partial charge in [-0.05, 0) is 31.2 Å². The number of nitrogens with one attached hydrogen (secondary N) is 2. The smallest absolute Gasteiger partial charge is 0.418 e. The Balaban J connectivity index is 1.88. The van der Waals surface area contributed by atoms with Crippen molar-refractivity contribution in [1.29, 1.82) is 0 Å². The fourth-order valence-electron chi connectivity index (χ4n) is 2.50. The molecule has 0 aliphatic rings. The van der Waals surface area contributed by atoms with E-state index in [0.29, 0.717) is 17.3 Å². The average Bonchev–Trinajstić information content (AvgIpc) is 2.61. The minimum Gasteiger partial charge on any atom is -0.497 e. The van der Waals surface area contributed by atoms with E-state index in [0.717, 1.165) is 11.8 Å². The fraction of sp³-hybridized carbons (Fsp3) is 0.158. The Labute approximate surface area is 154 Å². The Morgan fingerprint density at radius 2 is 1.70 bits per heavy atom. The lowest BCUT2D eigenvalue weighted by atomic mass is 10.1. The maximum absolute atomic E-state index is 13.2. The van der Waals surface area contributed by atoms with Crippen LogP contribution in [0.15, 0.2) is 54.6 Å². The van der Waals surface area contributed by atoms with Gasteiger partial charge in [0.25, 0.3) is 0 Å². The van der Waals surface area contributed by atoms with Gasteiger partial charge in [-0.15, -0.1) is 0 Å². The molecule has 27 heavy (non-hydrogen) atoms. The van der Waals surface area contributed by atoms with E-state index in [1.54, 1.807) is 32.2 Å². The van der Waals surface area contributed by atoms with Crippen LogP contribution >= 0.6 is 0 Å². The topological polar surface area (TPSA) is 59.1 Å². The van der Waals surface area contributed by atoms with E-state index in [4.69, 9.17) is 4.74 Å². The zero-order valence-corrected chi connectivity index (χ0v) is 14.6. The molecule has 0 atom stereocenters. The Kier molecular flexibility index (Phi) is 5.16. The summed E-state index contributed by atoms with van der Waals surface area (Å²) in [6.07, 6.45) is -4.48. The Morgan fingerprint density at radius 3 is 2.44 bits per heavy atom. The van der Waals surface area contributed by atoms with Crippen LogP contribution in [-0.2, 0) is 6.18 Å². The van der Waals surface area contributed by atoms with Crippen LogP contribution in [0.4, 0.5) is 36.3 Å². The molecule has 0 aliphatic heterocycles. The summed E-state index contributed by atoms with van der Waals surface area (Å²) in [5, 5.41) is 5.76. The van der Waals surface area contributed by atoms with Gasteiger partial charge in [0.15, 0.2) is 0 Å². The van der Waals surface area contributed by atoms with Crippen LogP contribution in [0.2, 0.25) is 0 Å². The summed E-state index contributed by atoms with van der Waals surface area (Å²) in [5.74, 6) is 1.18. The average molecular weight is 374 g/mol. The second-order valence-electron chi connectivity index (χ2n) is 5.74. The summed E-state index contributed by atoms with van der Waals surface area (Å²) < 4.78 is 44.7. The summed E-state index contributed by atoms with van der Waals surface area (Å²) in [5.41, 5.74) is 0.441. The molecular formula is C19H17F3N4O. The summed E-state index contributed by atoms with van der Waals surface area (Å²) in [4.78, 5) is 8.43. The number of methoxy groups -OCH3 is 1. The number of para-hydroxylation sites is 1. The predicted octanol–water partition coefficient (Wildman–Crippen LogP) is 5.30. The van der Waals surface area contributed by atoms with Gasteiger partial charge in [0.05, 0.1) is 18.4 Å². The van der Waals surface area contributed by atoms with Crippen LogP contribution in [0.3, 0.4) is 0 Å². The normalized spacial score (nSPS) is 11.1. The Hall–Kier alpha value is -3.29. The zero-order chi connectivity index (χ0) is 19.4. The van der Waals surface area contributed by atoms with E-state index in [1.165, 1.54) is 18.2 Å². The molecule has 0 saturated carbocycles. The first-order valence-electron chi connectivity index (χ1n) is 8.05. The Bertz CT molecular complexity index is 944. The van der Waals surface area contributed by atoms with Crippen LogP contribution in [-0.4, -0.2) is 17.1 Å². The summed E-state index contributed by atoms with van der Waals surface area (Å²) in [6.45, 7) is 1.74. The van der Waals surface area contributed by atoms with Gasteiger partial charge in [-0.2, -0.15) is 18.2 Å². The van der Waals surface area contributed by atoms with Gasteiger partial charge < -0.3 is 15.4 Å². The maximum atomic E-state index is 13.2. The van der Waals surface area contributed by atoms with E-state index in [-0.39, 0.29) is 11.6 Å². The largest absolute Gasteiger partial charge is 0.497 e. The van der Waals surface area contributed by atoms with Crippen LogP contribution < -0.4 is 15.4 Å². The van der Waals surface area contributed by atoms with Crippen LogP contribution in [0.25, 0.3) is 0 Å². The lowest BCUT2D eigenvalue weighted by molar-refractivity contribution is -0.136. The van der Waals surface area contributed by atoms with Gasteiger partial charge in [-0.1, -0.05) is 18.2 Å². The number of aromatic nitrogens is 2. The van der Waals surface area contributed by atoms with E-state index in [9.17, 15) is 13.2 Å². The van der Waals surface area contributed by atoms with Crippen molar-refractivity contribution in [1.82, 2.24) is 9.97 Å². The molecule has 1 aromatic heterocycles. The van der Waals surface area contributed by atoms with Crippen molar-refractivity contribution in [3.05, 3.63) is 65.9 Å². The third kappa shape index (κ3) is 4.66. The van der Waals surface area contributed by atoms with Crippen molar-refractivity contribution in [2.75, 3.05) is 17.7 Å². The second kappa shape index (κ2) is 7.53. The number of rotatable bonds is 5. The molecule has 0 spiro atoms. The molecule has 2 N–H and O–H groups in total. The number of hydrogen-bond acceptors (Lipinski definition) is 5. The van der Waals surface area contributed by atoms with Crippen LogP contribution in [0.1, 0.15) is 11.3 Å². The van der Waals surface area contributed by atoms with Gasteiger partial charge in [0, 0.05) is 23.5 Å². The second-order valence-corrected chi connectivity index (χ2v) is 5.74. The fourth-order valence-corrected chi connectivity index (χ4v) is 2.50. The van der Waals surface area contributed by atoms with Crippen LogP contribution in [0, 0.1) is 6.92 Å². The predicted molar refractivity (Wildman–Crippen MR) is 97.8 cm³/mol. The van der Waals surface area contributed by atoms with Crippen molar-refractivity contribution in [3.8, 4) is 5.75 Å². The number of anilines is 4. The van der Waals surface area contributed by atoms with Gasteiger partial charge in [-0.25, -0.2) is 4.98 Å². The molecule has 0 unspecified atom stereocenters. The molecular weight excluding hydrogens is 357 g/mol. The maximum Gasteiger partial charge on any atom is 0.418 e. The van der Waals surface area contributed by atoms with Crippen molar-refractivity contribution in [2.24, 2.45) is 0 Å². The van der Waals surface area contributed by atoms with Gasteiger partial charge in [0.1, 0.15) is 11.6 Å². The molecule has 0 saturated heterocycles. The van der Waals surface area contributed by atoms with Crippen LogP contribution in [0.5, 0.6) is 5.75 Å². The van der Waals surface area contributed by atoms with Crippen molar-refractivity contribution in [3.63, 3.8) is 0 Å². The standard InChI is InChI=1S/C19H17F3N4O/c1-12-10-17(24-13-6-5-7-14(11-13)27-2)26-18(23-12)25-16-9-4-3-8-15(16)19(20,21)22/h3-11H,1-2H3,(H2,23,24,25,26). The van der Waals surface area contributed by atoms with Crippen molar-refractivity contribution < 1.29 is 17.9 Å². The first-order valence-corrected chi connectivity index (χ1v) is 8.05. The summed E-state index contributed by atoms with van der Waals surface area (Å²) in [7, 11) is 1.56. The number of aryl methyl sites for hydroxylation is 1. The highest BCUT2D eigenvalue weighted by atomic mass is 19.4. The van der Waals surface area contributed by atoms with Crippen molar-refractivity contribution in [2.45, 2.75) is 13.1 Å². The molecule has 3 aromatic rings. The first kappa shape index (κ1) is 18.5. The molecule has 140 valence electrons. The highest BCUT2D eigenvalue weighted by Crippen LogP contribution is 2.35. The van der Waals surface area contributed by atoms with E-state index in [1.807, 2.05) is 12.1 Å². The third-order valence-electron chi connectivity index (χ3n) is 3.68.